The van der Waals surface area contributed by atoms with E-state index < -0.39 is 11.7 Å². The lowest BCUT2D eigenvalue weighted by Crippen LogP contribution is -2.24. The van der Waals surface area contributed by atoms with E-state index >= 15 is 0 Å². The van der Waals surface area contributed by atoms with Crippen molar-refractivity contribution in [3.05, 3.63) is 106 Å². The molecule has 0 spiro atoms. The van der Waals surface area contributed by atoms with E-state index in [9.17, 15) is 18.0 Å². The van der Waals surface area contributed by atoms with Crippen LogP contribution < -0.4 is 5.32 Å². The smallest absolute Gasteiger partial charge is 0.345 e. The van der Waals surface area contributed by atoms with Crippen LogP contribution in [-0.2, 0) is 18.5 Å². The molecule has 0 aliphatic rings. The van der Waals surface area contributed by atoms with Crippen LogP contribution in [0.1, 0.15) is 44.0 Å². The normalized spacial score (nSPS) is 11.5. The van der Waals surface area contributed by atoms with Crippen molar-refractivity contribution >= 4 is 17.7 Å². The van der Waals surface area contributed by atoms with E-state index in [2.05, 4.69) is 15.5 Å². The number of rotatable bonds is 7. The van der Waals surface area contributed by atoms with Gasteiger partial charge in [-0.05, 0) is 73.4 Å². The zero-order valence-corrected chi connectivity index (χ0v) is 20.9. The SMILES string of the molecule is Cc1cccc(-n2c(CNC(=O)c3ccc(C)c(C)c3)nnc2SCc2cccc(C(F)(F)F)c2)c1. The number of hydrogen-bond donors (Lipinski definition) is 1. The van der Waals surface area contributed by atoms with Gasteiger partial charge in [0, 0.05) is 17.0 Å². The first-order valence-electron chi connectivity index (χ1n) is 11.3. The first kappa shape index (κ1) is 25.5. The van der Waals surface area contributed by atoms with Gasteiger partial charge in [-0.3, -0.25) is 9.36 Å². The van der Waals surface area contributed by atoms with Gasteiger partial charge >= 0.3 is 6.18 Å². The van der Waals surface area contributed by atoms with Gasteiger partial charge in [-0.25, -0.2) is 0 Å². The third-order valence-electron chi connectivity index (χ3n) is 5.76. The highest BCUT2D eigenvalue weighted by Crippen LogP contribution is 2.31. The van der Waals surface area contributed by atoms with Crippen LogP contribution in [0.5, 0.6) is 0 Å². The van der Waals surface area contributed by atoms with E-state index in [1.54, 1.807) is 12.1 Å². The van der Waals surface area contributed by atoms with Gasteiger partial charge in [0.25, 0.3) is 5.91 Å². The fourth-order valence-electron chi connectivity index (χ4n) is 3.66. The second-order valence-corrected chi connectivity index (χ2v) is 9.48. The number of carbonyl (C=O) groups excluding carboxylic acids is 1. The molecule has 1 amide bonds. The molecule has 0 atom stereocenters. The highest BCUT2D eigenvalue weighted by molar-refractivity contribution is 7.98. The van der Waals surface area contributed by atoms with Crippen LogP contribution in [0.25, 0.3) is 5.69 Å². The van der Waals surface area contributed by atoms with Crippen molar-refractivity contribution in [2.75, 3.05) is 0 Å². The molecule has 186 valence electrons. The number of nitrogens with zero attached hydrogens (tertiary/aromatic N) is 3. The van der Waals surface area contributed by atoms with Crippen molar-refractivity contribution in [3.63, 3.8) is 0 Å². The van der Waals surface area contributed by atoms with Crippen LogP contribution in [0.2, 0.25) is 0 Å². The van der Waals surface area contributed by atoms with Crippen LogP contribution >= 0.6 is 11.8 Å². The molecule has 1 heterocycles. The third-order valence-corrected chi connectivity index (χ3v) is 6.76. The summed E-state index contributed by atoms with van der Waals surface area (Å²) < 4.78 is 41.1. The number of benzene rings is 3. The topological polar surface area (TPSA) is 59.8 Å². The lowest BCUT2D eigenvalue weighted by atomic mass is 10.1. The molecule has 36 heavy (non-hydrogen) atoms. The largest absolute Gasteiger partial charge is 0.416 e. The molecule has 0 saturated carbocycles. The van der Waals surface area contributed by atoms with Crippen LogP contribution in [0.3, 0.4) is 0 Å². The Labute approximate surface area is 211 Å². The van der Waals surface area contributed by atoms with Crippen molar-refractivity contribution in [1.29, 1.82) is 0 Å². The number of alkyl halides is 3. The number of amides is 1. The summed E-state index contributed by atoms with van der Waals surface area (Å²) in [6, 6.07) is 18.5. The zero-order valence-electron chi connectivity index (χ0n) is 20.1. The summed E-state index contributed by atoms with van der Waals surface area (Å²) in [7, 11) is 0. The molecule has 5 nitrogen and oxygen atoms in total. The Morgan fingerprint density at radius 2 is 1.72 bits per heavy atom. The Morgan fingerprint density at radius 3 is 2.44 bits per heavy atom. The molecule has 0 aliphatic carbocycles. The number of aromatic nitrogens is 3. The quantitative estimate of drug-likeness (QED) is 0.291. The monoisotopic (exact) mass is 510 g/mol. The first-order valence-corrected chi connectivity index (χ1v) is 12.3. The van der Waals surface area contributed by atoms with Gasteiger partial charge in [-0.15, -0.1) is 10.2 Å². The first-order chi connectivity index (χ1) is 17.1. The minimum Gasteiger partial charge on any atom is -0.345 e. The lowest BCUT2D eigenvalue weighted by Gasteiger charge is -2.12. The van der Waals surface area contributed by atoms with Gasteiger partial charge in [0.1, 0.15) is 0 Å². The van der Waals surface area contributed by atoms with Crippen molar-refractivity contribution in [3.8, 4) is 5.69 Å². The maximum atomic E-state index is 13.1. The standard InChI is InChI=1S/C27H25F3N4OS/c1-17-6-4-9-23(12-17)34-24(15-31-25(35)21-11-10-18(2)19(3)13-21)32-33-26(34)36-16-20-7-5-8-22(14-20)27(28,29)30/h4-14H,15-16H2,1-3H3,(H,31,35). The molecule has 0 saturated heterocycles. The summed E-state index contributed by atoms with van der Waals surface area (Å²) in [5.74, 6) is 0.572. The average Bonchev–Trinajstić information content (AvgIpc) is 3.25. The molecule has 0 radical (unpaired) electrons. The Balaban J connectivity index is 1.57. The molecule has 3 aromatic carbocycles. The van der Waals surface area contributed by atoms with Crippen molar-refractivity contribution in [1.82, 2.24) is 20.1 Å². The minimum atomic E-state index is -4.40. The van der Waals surface area contributed by atoms with Gasteiger partial charge in [0.05, 0.1) is 12.1 Å². The van der Waals surface area contributed by atoms with Crippen LogP contribution in [0, 0.1) is 20.8 Å². The van der Waals surface area contributed by atoms with E-state index in [0.717, 1.165) is 34.5 Å². The second kappa shape index (κ2) is 10.6. The third kappa shape index (κ3) is 5.96. The molecule has 0 bridgehead atoms. The molecular weight excluding hydrogens is 485 g/mol. The molecular formula is C27H25F3N4OS. The van der Waals surface area contributed by atoms with Crippen molar-refractivity contribution < 1.29 is 18.0 Å². The number of thioether (sulfide) groups is 1. The summed E-state index contributed by atoms with van der Waals surface area (Å²) in [5, 5.41) is 12.0. The molecule has 0 fully saturated rings. The fourth-order valence-corrected chi connectivity index (χ4v) is 4.58. The molecule has 0 aliphatic heterocycles. The van der Waals surface area contributed by atoms with Gasteiger partial charge in [0.2, 0.25) is 0 Å². The predicted molar refractivity (Wildman–Crippen MR) is 134 cm³/mol. The summed E-state index contributed by atoms with van der Waals surface area (Å²) in [4.78, 5) is 12.7. The maximum absolute atomic E-state index is 13.1. The average molecular weight is 511 g/mol. The van der Waals surface area contributed by atoms with Gasteiger partial charge < -0.3 is 5.32 Å². The molecule has 1 aromatic heterocycles. The van der Waals surface area contributed by atoms with E-state index in [1.165, 1.54) is 17.8 Å². The number of hydrogen-bond acceptors (Lipinski definition) is 4. The van der Waals surface area contributed by atoms with Crippen LogP contribution in [0.4, 0.5) is 13.2 Å². The van der Waals surface area contributed by atoms with Crippen LogP contribution in [0.15, 0.2) is 71.9 Å². The molecule has 9 heteroatoms. The van der Waals surface area contributed by atoms with Crippen molar-refractivity contribution in [2.45, 2.75) is 44.4 Å². The fraction of sp³-hybridized carbons (Fsp3) is 0.222. The summed E-state index contributed by atoms with van der Waals surface area (Å²) in [5.41, 5.74) is 4.36. The van der Waals surface area contributed by atoms with Gasteiger partial charge in [-0.1, -0.05) is 48.2 Å². The van der Waals surface area contributed by atoms with E-state index in [4.69, 9.17) is 0 Å². The number of halogens is 3. The highest BCUT2D eigenvalue weighted by atomic mass is 32.2. The van der Waals surface area contributed by atoms with Gasteiger partial charge in [0.15, 0.2) is 11.0 Å². The molecule has 0 unspecified atom stereocenters. The maximum Gasteiger partial charge on any atom is 0.416 e. The van der Waals surface area contributed by atoms with Crippen LogP contribution in [-0.4, -0.2) is 20.7 Å². The van der Waals surface area contributed by atoms with Crippen molar-refractivity contribution in [2.24, 2.45) is 0 Å². The number of carbonyl (C=O) groups is 1. The summed E-state index contributed by atoms with van der Waals surface area (Å²) in [6.07, 6.45) is -4.40. The zero-order chi connectivity index (χ0) is 25.9. The number of aryl methyl sites for hydroxylation is 3. The highest BCUT2D eigenvalue weighted by Gasteiger charge is 2.30. The Morgan fingerprint density at radius 1 is 0.944 bits per heavy atom. The molecule has 4 aromatic rings. The second-order valence-electron chi connectivity index (χ2n) is 8.54. The summed E-state index contributed by atoms with van der Waals surface area (Å²) in [6.45, 7) is 6.04. The Hall–Kier alpha value is -3.59. The van der Waals surface area contributed by atoms with Gasteiger partial charge in [-0.2, -0.15) is 13.2 Å². The Bertz CT molecular complexity index is 1400. The van der Waals surface area contributed by atoms with E-state index in [-0.39, 0.29) is 18.2 Å². The Kier molecular flexibility index (Phi) is 7.49. The molecule has 1 N–H and O–H groups in total. The predicted octanol–water partition coefficient (Wildman–Crippen LogP) is 6.43. The minimum absolute atomic E-state index is 0.136. The molecule has 4 rings (SSSR count). The lowest BCUT2D eigenvalue weighted by molar-refractivity contribution is -0.137. The number of nitrogens with one attached hydrogen (secondary N) is 1. The summed E-state index contributed by atoms with van der Waals surface area (Å²) >= 11 is 1.28. The van der Waals surface area contributed by atoms with E-state index in [0.29, 0.717) is 22.1 Å². The van der Waals surface area contributed by atoms with E-state index in [1.807, 2.05) is 61.7 Å².